The number of fused-ring (bicyclic) bond motifs is 1. The van der Waals surface area contributed by atoms with E-state index in [4.69, 9.17) is 10.5 Å². The van der Waals surface area contributed by atoms with Crippen molar-refractivity contribution in [3.8, 4) is 5.75 Å². The molecule has 2 N–H and O–H groups in total. The van der Waals surface area contributed by atoms with E-state index in [1.54, 1.807) is 0 Å². The maximum atomic E-state index is 6.62. The average molecular weight is 346 g/mol. The van der Waals surface area contributed by atoms with E-state index in [1.165, 1.54) is 11.1 Å². The van der Waals surface area contributed by atoms with Gasteiger partial charge in [-0.15, -0.1) is 0 Å². The van der Waals surface area contributed by atoms with Gasteiger partial charge in [-0.1, -0.05) is 46.3 Å². The molecule has 0 fully saturated rings. The second-order valence-corrected chi connectivity index (χ2v) is 6.92. The Morgan fingerprint density at radius 3 is 2.67 bits per heavy atom. The predicted octanol–water partition coefficient (Wildman–Crippen LogP) is 4.58. The van der Waals surface area contributed by atoms with Crippen molar-refractivity contribution in [2.45, 2.75) is 31.2 Å². The minimum Gasteiger partial charge on any atom is -0.493 e. The second-order valence-electron chi connectivity index (χ2n) is 6.00. The molecule has 3 rings (SSSR count). The Hall–Kier alpha value is -1.32. The van der Waals surface area contributed by atoms with Gasteiger partial charge in [0.25, 0.3) is 0 Å². The van der Waals surface area contributed by atoms with Crippen LogP contribution >= 0.6 is 15.9 Å². The molecule has 2 unspecified atom stereocenters. The van der Waals surface area contributed by atoms with Crippen molar-refractivity contribution in [2.24, 2.45) is 5.73 Å². The van der Waals surface area contributed by atoms with E-state index in [1.807, 2.05) is 6.07 Å². The van der Waals surface area contributed by atoms with Crippen LogP contribution in [0.15, 0.2) is 53.0 Å². The molecule has 0 spiro atoms. The Balaban J connectivity index is 1.84. The van der Waals surface area contributed by atoms with E-state index >= 15 is 0 Å². The van der Waals surface area contributed by atoms with Crippen molar-refractivity contribution in [3.05, 3.63) is 64.1 Å². The van der Waals surface area contributed by atoms with Gasteiger partial charge in [-0.05, 0) is 55.0 Å². The molecule has 0 aromatic heterocycles. The molecule has 110 valence electrons. The van der Waals surface area contributed by atoms with Crippen molar-refractivity contribution in [3.63, 3.8) is 0 Å². The van der Waals surface area contributed by atoms with Crippen LogP contribution < -0.4 is 10.5 Å². The topological polar surface area (TPSA) is 35.2 Å². The monoisotopic (exact) mass is 345 g/mol. The maximum absolute atomic E-state index is 6.62. The molecule has 0 bridgehead atoms. The highest BCUT2D eigenvalue weighted by atomic mass is 79.9. The van der Waals surface area contributed by atoms with Crippen LogP contribution in [0.5, 0.6) is 5.75 Å². The smallest absolute Gasteiger partial charge is 0.122 e. The summed E-state index contributed by atoms with van der Waals surface area (Å²) in [5.74, 6) is 1.47. The SMILES string of the molecule is CC(N)(CC1CCOc2ccccc21)c1ccc(Br)cc1. The molecular weight excluding hydrogens is 326 g/mol. The van der Waals surface area contributed by atoms with Crippen LogP contribution in [0.1, 0.15) is 36.8 Å². The third-order valence-electron chi connectivity index (χ3n) is 4.26. The number of hydrogen-bond donors (Lipinski definition) is 1. The molecule has 1 aliphatic rings. The van der Waals surface area contributed by atoms with Crippen molar-refractivity contribution in [1.82, 2.24) is 0 Å². The average Bonchev–Trinajstić information content (AvgIpc) is 2.48. The molecule has 2 aromatic carbocycles. The fourth-order valence-corrected chi connectivity index (χ4v) is 3.35. The number of nitrogens with two attached hydrogens (primary N) is 1. The summed E-state index contributed by atoms with van der Waals surface area (Å²) in [5.41, 5.74) is 8.75. The number of para-hydroxylation sites is 1. The first-order chi connectivity index (χ1) is 10.1. The van der Waals surface area contributed by atoms with Crippen LogP contribution in [0.4, 0.5) is 0 Å². The number of rotatable bonds is 3. The van der Waals surface area contributed by atoms with Crippen LogP contribution in [-0.2, 0) is 5.54 Å². The van der Waals surface area contributed by atoms with Crippen LogP contribution in [0.2, 0.25) is 0 Å². The highest BCUT2D eigenvalue weighted by molar-refractivity contribution is 9.10. The largest absolute Gasteiger partial charge is 0.493 e. The van der Waals surface area contributed by atoms with Crippen molar-refractivity contribution < 1.29 is 4.74 Å². The first-order valence-electron chi connectivity index (χ1n) is 7.33. The Morgan fingerprint density at radius 2 is 1.90 bits per heavy atom. The Labute approximate surface area is 134 Å². The van der Waals surface area contributed by atoms with Crippen LogP contribution in [-0.4, -0.2) is 6.61 Å². The van der Waals surface area contributed by atoms with E-state index in [9.17, 15) is 0 Å². The zero-order chi connectivity index (χ0) is 14.9. The molecule has 3 heteroatoms. The quantitative estimate of drug-likeness (QED) is 0.883. The van der Waals surface area contributed by atoms with E-state index in [2.05, 4.69) is 65.3 Å². The lowest BCUT2D eigenvalue weighted by Crippen LogP contribution is -2.35. The summed E-state index contributed by atoms with van der Waals surface area (Å²) in [4.78, 5) is 0. The van der Waals surface area contributed by atoms with Crippen LogP contribution in [0.3, 0.4) is 0 Å². The normalized spacial score (nSPS) is 20.2. The zero-order valence-electron chi connectivity index (χ0n) is 12.2. The maximum Gasteiger partial charge on any atom is 0.122 e. The third-order valence-corrected chi connectivity index (χ3v) is 4.79. The van der Waals surface area contributed by atoms with Crippen molar-refractivity contribution >= 4 is 15.9 Å². The molecule has 1 heterocycles. The van der Waals surface area contributed by atoms with Gasteiger partial charge in [0.15, 0.2) is 0 Å². The minimum absolute atomic E-state index is 0.337. The summed E-state index contributed by atoms with van der Waals surface area (Å²) < 4.78 is 6.82. The number of ether oxygens (including phenoxy) is 1. The molecular formula is C18H20BrNO. The van der Waals surface area contributed by atoms with E-state index in [0.717, 1.165) is 29.7 Å². The van der Waals surface area contributed by atoms with Gasteiger partial charge in [-0.2, -0.15) is 0 Å². The standard InChI is InChI=1S/C18H20BrNO/c1-18(20,14-6-8-15(19)9-7-14)12-13-10-11-21-17-5-3-2-4-16(13)17/h2-9,13H,10-12,20H2,1H3. The van der Waals surface area contributed by atoms with Crippen molar-refractivity contribution in [2.75, 3.05) is 6.61 Å². The number of halogens is 1. The van der Waals surface area contributed by atoms with Crippen molar-refractivity contribution in [1.29, 1.82) is 0 Å². The van der Waals surface area contributed by atoms with Gasteiger partial charge in [0.2, 0.25) is 0 Å². The van der Waals surface area contributed by atoms with Gasteiger partial charge < -0.3 is 10.5 Å². The number of hydrogen-bond acceptors (Lipinski definition) is 2. The van der Waals surface area contributed by atoms with Crippen LogP contribution in [0, 0.1) is 0 Å². The Morgan fingerprint density at radius 1 is 1.19 bits per heavy atom. The van der Waals surface area contributed by atoms with Gasteiger partial charge in [-0.3, -0.25) is 0 Å². The Kier molecular flexibility index (Phi) is 4.05. The van der Waals surface area contributed by atoms with E-state index < -0.39 is 0 Å². The second kappa shape index (κ2) is 5.82. The summed E-state index contributed by atoms with van der Waals surface area (Å²) in [7, 11) is 0. The summed E-state index contributed by atoms with van der Waals surface area (Å²) >= 11 is 3.47. The molecule has 2 aromatic rings. The molecule has 0 amide bonds. The lowest BCUT2D eigenvalue weighted by Gasteiger charge is -2.33. The Bertz CT molecular complexity index is 621. The molecule has 2 nitrogen and oxygen atoms in total. The van der Waals surface area contributed by atoms with E-state index in [-0.39, 0.29) is 5.54 Å². The minimum atomic E-state index is -0.337. The summed E-state index contributed by atoms with van der Waals surface area (Å²) in [6, 6.07) is 16.6. The molecule has 0 saturated heterocycles. The molecule has 2 atom stereocenters. The van der Waals surface area contributed by atoms with E-state index in [0.29, 0.717) is 5.92 Å². The van der Waals surface area contributed by atoms with Gasteiger partial charge in [0.1, 0.15) is 5.75 Å². The first-order valence-corrected chi connectivity index (χ1v) is 8.12. The number of benzene rings is 2. The van der Waals surface area contributed by atoms with Gasteiger partial charge in [0, 0.05) is 10.0 Å². The fourth-order valence-electron chi connectivity index (χ4n) is 3.09. The lowest BCUT2D eigenvalue weighted by molar-refractivity contribution is 0.247. The molecule has 21 heavy (non-hydrogen) atoms. The highest BCUT2D eigenvalue weighted by Crippen LogP contribution is 2.40. The third kappa shape index (κ3) is 3.14. The molecule has 1 aliphatic heterocycles. The van der Waals surface area contributed by atoms with Gasteiger partial charge in [0.05, 0.1) is 6.61 Å². The summed E-state index contributed by atoms with van der Waals surface area (Å²) in [6.45, 7) is 2.90. The lowest BCUT2D eigenvalue weighted by atomic mass is 9.79. The molecule has 0 saturated carbocycles. The summed E-state index contributed by atoms with van der Waals surface area (Å²) in [5, 5.41) is 0. The summed E-state index contributed by atoms with van der Waals surface area (Å²) in [6.07, 6.45) is 1.95. The zero-order valence-corrected chi connectivity index (χ0v) is 13.8. The van der Waals surface area contributed by atoms with Gasteiger partial charge >= 0.3 is 0 Å². The molecule has 0 aliphatic carbocycles. The molecule has 0 radical (unpaired) electrons. The first kappa shape index (κ1) is 14.6. The highest BCUT2D eigenvalue weighted by Gasteiger charge is 2.30. The van der Waals surface area contributed by atoms with Gasteiger partial charge in [-0.25, -0.2) is 0 Å². The van der Waals surface area contributed by atoms with Crippen LogP contribution in [0.25, 0.3) is 0 Å². The predicted molar refractivity (Wildman–Crippen MR) is 89.6 cm³/mol. The fraction of sp³-hybridized carbons (Fsp3) is 0.333.